The van der Waals surface area contributed by atoms with Crippen LogP contribution < -0.4 is 10.6 Å². The highest BCUT2D eigenvalue weighted by Gasteiger charge is 2.26. The maximum Gasteiger partial charge on any atom is 0.326 e. The molecule has 252 valence electrons. The van der Waals surface area contributed by atoms with Crippen molar-refractivity contribution in [2.24, 2.45) is 5.92 Å². The van der Waals surface area contributed by atoms with Gasteiger partial charge in [-0.25, -0.2) is 9.78 Å². The van der Waals surface area contributed by atoms with Gasteiger partial charge in [-0.2, -0.15) is 17.0 Å². The number of aliphatic carboxylic acids is 1. The second-order valence-corrected chi connectivity index (χ2v) is 13.1. The summed E-state index contributed by atoms with van der Waals surface area (Å²) in [6, 6.07) is 22.4. The largest absolute Gasteiger partial charge is 0.480 e. The van der Waals surface area contributed by atoms with E-state index in [1.54, 1.807) is 24.7 Å². The molecule has 4 rings (SSSR count). The van der Waals surface area contributed by atoms with Gasteiger partial charge in [-0.15, -0.1) is 0 Å². The zero-order valence-electron chi connectivity index (χ0n) is 27.8. The maximum atomic E-state index is 13.5. The summed E-state index contributed by atoms with van der Waals surface area (Å²) in [5.74, 6) is -0.861. The molecule has 0 unspecified atom stereocenters. The van der Waals surface area contributed by atoms with Crippen molar-refractivity contribution < 1.29 is 19.5 Å². The lowest BCUT2D eigenvalue weighted by molar-refractivity contribution is -0.142. The fourth-order valence-corrected chi connectivity index (χ4v) is 6.14. The molecule has 0 fully saturated rings. The number of imidazole rings is 1. The number of rotatable bonds is 18. The van der Waals surface area contributed by atoms with Crippen molar-refractivity contribution in [1.29, 1.82) is 5.26 Å². The van der Waals surface area contributed by atoms with Crippen LogP contribution in [0, 0.1) is 17.2 Å². The van der Waals surface area contributed by atoms with E-state index in [1.807, 2.05) is 64.3 Å². The normalized spacial score (nSPS) is 13.1. The molecule has 3 N–H and O–H groups in total. The van der Waals surface area contributed by atoms with Crippen LogP contribution in [-0.2, 0) is 33.9 Å². The number of carbonyl (C=O) groups is 3. The molecule has 0 aliphatic heterocycles. The molecule has 3 atom stereocenters. The Labute approximate surface area is 286 Å². The Bertz CT molecular complexity index is 1710. The van der Waals surface area contributed by atoms with Gasteiger partial charge in [0, 0.05) is 37.6 Å². The van der Waals surface area contributed by atoms with Gasteiger partial charge in [-0.3, -0.25) is 14.5 Å². The summed E-state index contributed by atoms with van der Waals surface area (Å²) in [6.07, 6.45) is 6.56. The van der Waals surface area contributed by atoms with Gasteiger partial charge in [0.2, 0.25) is 11.8 Å². The zero-order valence-corrected chi connectivity index (χ0v) is 28.6. The van der Waals surface area contributed by atoms with E-state index in [1.165, 1.54) is 11.8 Å². The summed E-state index contributed by atoms with van der Waals surface area (Å²) in [6.45, 7) is 5.49. The first kappa shape index (κ1) is 36.2. The zero-order chi connectivity index (χ0) is 34.5. The Balaban J connectivity index is 1.51. The first-order chi connectivity index (χ1) is 23.2. The molecular weight excluding hydrogens is 625 g/mol. The second-order valence-electron chi connectivity index (χ2n) is 12.1. The number of nitrogens with one attached hydrogen (secondary N) is 2. The molecular formula is C37H44N6O4S. The van der Waals surface area contributed by atoms with Gasteiger partial charge in [0.15, 0.2) is 0 Å². The number of fused-ring (bicyclic) bond motifs is 1. The quantitative estimate of drug-likeness (QED) is 0.137. The summed E-state index contributed by atoms with van der Waals surface area (Å²) in [5, 5.41) is 26.9. The molecule has 0 spiro atoms. The summed E-state index contributed by atoms with van der Waals surface area (Å²) in [5.41, 5.74) is 3.38. The van der Waals surface area contributed by atoms with Crippen molar-refractivity contribution in [3.8, 4) is 6.07 Å². The predicted octanol–water partition coefficient (Wildman–Crippen LogP) is 4.85. The number of thioether (sulfide) groups is 1. The standard InChI is InChI=1S/C37H44N6O4S/c1-4-26(2)34(41-35(44)18-31-20-39-25-43(31)21-28-14-12-27(19-38)13-15-28)23-42(24-36(45)40-33(37(46)47)16-17-48-3)22-30-10-7-9-29-8-5-6-11-32(29)30/h5-15,20,25-26,33-34H,4,16-18,21-24H2,1-3H3,(H,40,45)(H,41,44)(H,46,47)/t26-,33-,34+/m0/s1. The van der Waals surface area contributed by atoms with Crippen LogP contribution in [0.1, 0.15) is 49.1 Å². The Morgan fingerprint density at radius 1 is 1.04 bits per heavy atom. The SMILES string of the molecule is CC[C@H](C)[C@@H](CN(CC(=O)N[C@@H](CCSC)C(=O)O)Cc1cccc2ccccc12)NC(=O)Cc1cncn1Cc1ccc(C#N)cc1. The molecule has 0 bridgehead atoms. The molecule has 0 aliphatic rings. The maximum absolute atomic E-state index is 13.5. The van der Waals surface area contributed by atoms with Crippen molar-refractivity contribution in [1.82, 2.24) is 25.1 Å². The van der Waals surface area contributed by atoms with E-state index in [9.17, 15) is 19.5 Å². The Morgan fingerprint density at radius 2 is 1.79 bits per heavy atom. The molecule has 0 saturated heterocycles. The number of hydrogen-bond donors (Lipinski definition) is 3. The number of carbonyl (C=O) groups excluding carboxylic acids is 2. The van der Waals surface area contributed by atoms with Crippen molar-refractivity contribution in [3.05, 3.63) is 102 Å². The second kappa shape index (κ2) is 18.0. The number of amides is 2. The molecule has 0 aliphatic carbocycles. The van der Waals surface area contributed by atoms with Crippen LogP contribution in [0.3, 0.4) is 0 Å². The topological polar surface area (TPSA) is 140 Å². The van der Waals surface area contributed by atoms with Gasteiger partial charge in [0.05, 0.1) is 30.9 Å². The van der Waals surface area contributed by atoms with Gasteiger partial charge in [0.25, 0.3) is 0 Å². The van der Waals surface area contributed by atoms with Crippen molar-refractivity contribution in [2.45, 2.75) is 58.3 Å². The van der Waals surface area contributed by atoms with E-state index in [4.69, 9.17) is 5.26 Å². The number of carboxylic acids is 1. The molecule has 11 heteroatoms. The van der Waals surface area contributed by atoms with Crippen LogP contribution in [0.25, 0.3) is 10.8 Å². The molecule has 2 amide bonds. The number of benzene rings is 3. The lowest BCUT2D eigenvalue weighted by Gasteiger charge is -2.31. The third kappa shape index (κ3) is 10.4. The number of carboxylic acid groups (broad SMARTS) is 1. The van der Waals surface area contributed by atoms with Gasteiger partial charge in [0.1, 0.15) is 6.04 Å². The third-order valence-electron chi connectivity index (χ3n) is 8.59. The molecule has 48 heavy (non-hydrogen) atoms. The first-order valence-electron chi connectivity index (χ1n) is 16.2. The molecule has 3 aromatic carbocycles. The van der Waals surface area contributed by atoms with Crippen molar-refractivity contribution >= 4 is 40.3 Å². The van der Waals surface area contributed by atoms with E-state index in [2.05, 4.69) is 41.6 Å². The van der Waals surface area contributed by atoms with Gasteiger partial charge in [-0.05, 0) is 58.4 Å². The van der Waals surface area contributed by atoms with Crippen LogP contribution in [0.5, 0.6) is 0 Å². The minimum absolute atomic E-state index is 0.0214. The van der Waals surface area contributed by atoms with E-state index >= 15 is 0 Å². The van der Waals surface area contributed by atoms with Crippen LogP contribution in [0.4, 0.5) is 0 Å². The highest BCUT2D eigenvalue weighted by molar-refractivity contribution is 7.98. The fourth-order valence-electron chi connectivity index (χ4n) is 5.66. The lowest BCUT2D eigenvalue weighted by Crippen LogP contribution is -2.51. The number of nitrogens with zero attached hydrogens (tertiary/aromatic N) is 4. The van der Waals surface area contributed by atoms with Crippen LogP contribution in [0.2, 0.25) is 0 Å². The summed E-state index contributed by atoms with van der Waals surface area (Å²) in [4.78, 5) is 45.0. The van der Waals surface area contributed by atoms with Crippen LogP contribution in [-0.4, -0.2) is 74.5 Å². The Hall–Kier alpha value is -4.66. The number of hydrogen-bond acceptors (Lipinski definition) is 7. The van der Waals surface area contributed by atoms with E-state index < -0.39 is 12.0 Å². The smallest absolute Gasteiger partial charge is 0.326 e. The Morgan fingerprint density at radius 3 is 2.50 bits per heavy atom. The summed E-state index contributed by atoms with van der Waals surface area (Å²) in [7, 11) is 0. The highest BCUT2D eigenvalue weighted by Crippen LogP contribution is 2.21. The highest BCUT2D eigenvalue weighted by atomic mass is 32.2. The van der Waals surface area contributed by atoms with Crippen molar-refractivity contribution in [3.63, 3.8) is 0 Å². The Kier molecular flexibility index (Phi) is 13.6. The minimum Gasteiger partial charge on any atom is -0.480 e. The number of nitriles is 1. The van der Waals surface area contributed by atoms with Gasteiger partial charge in [-0.1, -0.05) is 74.9 Å². The minimum atomic E-state index is -1.05. The molecule has 1 aromatic heterocycles. The van der Waals surface area contributed by atoms with Crippen LogP contribution in [0.15, 0.2) is 79.3 Å². The first-order valence-corrected chi connectivity index (χ1v) is 17.6. The lowest BCUT2D eigenvalue weighted by atomic mass is 9.97. The molecule has 0 saturated carbocycles. The van der Waals surface area contributed by atoms with Crippen LogP contribution >= 0.6 is 11.8 Å². The molecule has 10 nitrogen and oxygen atoms in total. The summed E-state index contributed by atoms with van der Waals surface area (Å²) >= 11 is 1.53. The average molecular weight is 669 g/mol. The predicted molar refractivity (Wildman–Crippen MR) is 189 cm³/mol. The monoisotopic (exact) mass is 668 g/mol. The van der Waals surface area contributed by atoms with E-state index in [0.717, 1.165) is 34.0 Å². The molecule has 1 heterocycles. The molecule has 4 aromatic rings. The van der Waals surface area contributed by atoms with E-state index in [0.29, 0.717) is 37.4 Å². The third-order valence-corrected chi connectivity index (χ3v) is 9.24. The van der Waals surface area contributed by atoms with E-state index in [-0.39, 0.29) is 36.7 Å². The summed E-state index contributed by atoms with van der Waals surface area (Å²) < 4.78 is 1.92. The van der Waals surface area contributed by atoms with Crippen molar-refractivity contribution in [2.75, 3.05) is 25.1 Å². The average Bonchev–Trinajstić information content (AvgIpc) is 3.51. The fraction of sp³-hybridized carbons (Fsp3) is 0.378. The number of aromatic nitrogens is 2. The molecule has 0 radical (unpaired) electrons. The van der Waals surface area contributed by atoms with Gasteiger partial charge < -0.3 is 20.3 Å². The van der Waals surface area contributed by atoms with Gasteiger partial charge >= 0.3 is 5.97 Å².